The first-order chi connectivity index (χ1) is 8.24. The summed E-state index contributed by atoms with van der Waals surface area (Å²) in [7, 11) is 0. The number of halogens is 1. The van der Waals surface area contributed by atoms with Gasteiger partial charge in [0.1, 0.15) is 11.5 Å². The van der Waals surface area contributed by atoms with Crippen LogP contribution in [0.3, 0.4) is 0 Å². The van der Waals surface area contributed by atoms with Crippen LogP contribution in [0.1, 0.15) is 5.56 Å². The molecule has 0 aliphatic carbocycles. The van der Waals surface area contributed by atoms with Gasteiger partial charge >= 0.3 is 0 Å². The van der Waals surface area contributed by atoms with Crippen molar-refractivity contribution in [1.82, 2.24) is 15.0 Å². The van der Waals surface area contributed by atoms with Crippen molar-refractivity contribution in [3.63, 3.8) is 0 Å². The van der Waals surface area contributed by atoms with Crippen LogP contribution in [-0.2, 0) is 0 Å². The fraction of sp³-hybridized carbons (Fsp3) is 0.0769. The Morgan fingerprint density at radius 3 is 2.94 bits per heavy atom. The van der Waals surface area contributed by atoms with Gasteiger partial charge in [-0.25, -0.2) is 9.37 Å². The van der Waals surface area contributed by atoms with Crippen LogP contribution in [0.2, 0.25) is 0 Å². The summed E-state index contributed by atoms with van der Waals surface area (Å²) in [5.74, 6) is -0.342. The van der Waals surface area contributed by atoms with E-state index in [-0.39, 0.29) is 5.82 Å². The highest BCUT2D eigenvalue weighted by Crippen LogP contribution is 2.26. The molecule has 3 aromatic heterocycles. The van der Waals surface area contributed by atoms with E-state index in [1.807, 2.05) is 19.1 Å². The number of H-pyrrole nitrogens is 1. The van der Waals surface area contributed by atoms with Crippen LogP contribution in [0.15, 0.2) is 36.8 Å². The van der Waals surface area contributed by atoms with Gasteiger partial charge in [0.05, 0.1) is 11.9 Å². The van der Waals surface area contributed by atoms with Gasteiger partial charge in [-0.05, 0) is 30.7 Å². The number of aromatic nitrogens is 3. The fourth-order valence-electron chi connectivity index (χ4n) is 1.87. The average molecular weight is 227 g/mol. The van der Waals surface area contributed by atoms with Crippen molar-refractivity contribution in [3.05, 3.63) is 48.2 Å². The number of nitrogens with zero attached hydrogens (tertiary/aromatic N) is 2. The first-order valence-electron chi connectivity index (χ1n) is 5.30. The highest BCUT2D eigenvalue weighted by Gasteiger charge is 2.09. The summed E-state index contributed by atoms with van der Waals surface area (Å²) in [6, 6.07) is 5.36. The Hall–Kier alpha value is -2.23. The molecule has 0 aliphatic rings. The number of fused-ring (bicyclic) bond motifs is 1. The lowest BCUT2D eigenvalue weighted by Gasteiger charge is -1.99. The van der Waals surface area contributed by atoms with E-state index < -0.39 is 0 Å². The van der Waals surface area contributed by atoms with E-state index in [9.17, 15) is 4.39 Å². The van der Waals surface area contributed by atoms with E-state index >= 15 is 0 Å². The molecule has 0 unspecified atom stereocenters. The summed E-state index contributed by atoms with van der Waals surface area (Å²) < 4.78 is 13.2. The second kappa shape index (κ2) is 3.66. The molecule has 0 saturated carbocycles. The number of aryl methyl sites for hydroxylation is 1. The van der Waals surface area contributed by atoms with Gasteiger partial charge in [-0.1, -0.05) is 0 Å². The Morgan fingerprint density at radius 2 is 2.12 bits per heavy atom. The number of nitrogens with one attached hydrogen (secondary N) is 1. The lowest BCUT2D eigenvalue weighted by Crippen LogP contribution is -1.84. The van der Waals surface area contributed by atoms with Crippen molar-refractivity contribution in [2.24, 2.45) is 0 Å². The number of hydrogen-bond acceptors (Lipinski definition) is 2. The van der Waals surface area contributed by atoms with E-state index in [4.69, 9.17) is 0 Å². The van der Waals surface area contributed by atoms with Crippen molar-refractivity contribution in [2.45, 2.75) is 6.92 Å². The Morgan fingerprint density at radius 1 is 1.24 bits per heavy atom. The summed E-state index contributed by atoms with van der Waals surface area (Å²) in [6.45, 7) is 2.00. The number of rotatable bonds is 1. The third-order valence-electron chi connectivity index (χ3n) is 2.69. The summed E-state index contributed by atoms with van der Waals surface area (Å²) in [5.41, 5.74) is 3.48. The van der Waals surface area contributed by atoms with Crippen LogP contribution in [0.4, 0.5) is 4.39 Å². The topological polar surface area (TPSA) is 41.6 Å². The Bertz CT molecular complexity index is 688. The molecule has 0 amide bonds. The van der Waals surface area contributed by atoms with Crippen LogP contribution >= 0.6 is 0 Å². The minimum atomic E-state index is -0.342. The van der Waals surface area contributed by atoms with E-state index in [2.05, 4.69) is 15.0 Å². The molecular weight excluding hydrogens is 217 g/mol. The van der Waals surface area contributed by atoms with Crippen molar-refractivity contribution in [3.8, 4) is 11.3 Å². The fourth-order valence-corrected chi connectivity index (χ4v) is 1.87. The van der Waals surface area contributed by atoms with Gasteiger partial charge in [-0.2, -0.15) is 0 Å². The number of aromatic amines is 1. The largest absolute Gasteiger partial charge is 0.345 e. The minimum Gasteiger partial charge on any atom is -0.345 e. The number of hydrogen-bond donors (Lipinski definition) is 1. The molecule has 84 valence electrons. The second-order valence-electron chi connectivity index (χ2n) is 3.97. The van der Waals surface area contributed by atoms with Gasteiger partial charge < -0.3 is 4.98 Å². The molecule has 0 saturated heterocycles. The standard InChI is InChI=1S/C13H10FN3/c1-8-2-3-15-12(4-8)11-7-17-13-10(11)5-9(14)6-16-13/h2-7H,1H3,(H,16,17). The monoisotopic (exact) mass is 227 g/mol. The first kappa shape index (κ1) is 9.96. The van der Waals surface area contributed by atoms with Crippen LogP contribution < -0.4 is 0 Å². The highest BCUT2D eigenvalue weighted by atomic mass is 19.1. The molecule has 0 fully saturated rings. The third-order valence-corrected chi connectivity index (χ3v) is 2.69. The van der Waals surface area contributed by atoms with Crippen LogP contribution in [0.5, 0.6) is 0 Å². The van der Waals surface area contributed by atoms with Crippen LogP contribution in [0, 0.1) is 12.7 Å². The molecule has 3 heterocycles. The molecule has 17 heavy (non-hydrogen) atoms. The van der Waals surface area contributed by atoms with E-state index in [1.54, 1.807) is 12.4 Å². The quantitative estimate of drug-likeness (QED) is 0.694. The summed E-state index contributed by atoms with van der Waals surface area (Å²) in [5, 5.41) is 0.753. The predicted octanol–water partition coefficient (Wildman–Crippen LogP) is 3.07. The maximum atomic E-state index is 13.2. The van der Waals surface area contributed by atoms with Gasteiger partial charge in [0, 0.05) is 23.3 Å². The zero-order valence-corrected chi connectivity index (χ0v) is 9.24. The smallest absolute Gasteiger partial charge is 0.142 e. The van der Waals surface area contributed by atoms with E-state index in [0.29, 0.717) is 5.65 Å². The van der Waals surface area contributed by atoms with Crippen molar-refractivity contribution in [2.75, 3.05) is 0 Å². The molecule has 3 nitrogen and oxygen atoms in total. The summed E-state index contributed by atoms with van der Waals surface area (Å²) in [4.78, 5) is 11.3. The van der Waals surface area contributed by atoms with E-state index in [1.165, 1.54) is 12.3 Å². The van der Waals surface area contributed by atoms with Gasteiger partial charge in [-0.3, -0.25) is 4.98 Å². The highest BCUT2D eigenvalue weighted by molar-refractivity contribution is 5.92. The molecule has 3 rings (SSSR count). The van der Waals surface area contributed by atoms with Crippen molar-refractivity contribution >= 4 is 11.0 Å². The maximum absolute atomic E-state index is 13.2. The van der Waals surface area contributed by atoms with Gasteiger partial charge in [0.25, 0.3) is 0 Å². The SMILES string of the molecule is Cc1ccnc(-c2c[nH]c3ncc(F)cc23)c1. The molecule has 0 atom stereocenters. The molecule has 0 spiro atoms. The van der Waals surface area contributed by atoms with Crippen LogP contribution in [0.25, 0.3) is 22.3 Å². The normalized spacial score (nSPS) is 10.9. The summed E-state index contributed by atoms with van der Waals surface area (Å²) in [6.07, 6.45) is 4.75. The number of pyridine rings is 2. The minimum absolute atomic E-state index is 0.342. The lowest BCUT2D eigenvalue weighted by atomic mass is 10.1. The molecule has 4 heteroatoms. The average Bonchev–Trinajstić information content (AvgIpc) is 2.71. The zero-order chi connectivity index (χ0) is 11.8. The Kier molecular flexibility index (Phi) is 2.14. The molecule has 1 N–H and O–H groups in total. The molecule has 3 aromatic rings. The molecule has 0 aromatic carbocycles. The third kappa shape index (κ3) is 1.67. The Balaban J connectivity index is 2.27. The molecule has 0 aliphatic heterocycles. The first-order valence-corrected chi connectivity index (χ1v) is 5.30. The molecule has 0 bridgehead atoms. The van der Waals surface area contributed by atoms with Gasteiger partial charge in [-0.15, -0.1) is 0 Å². The van der Waals surface area contributed by atoms with Gasteiger partial charge in [0.15, 0.2) is 0 Å². The maximum Gasteiger partial charge on any atom is 0.142 e. The lowest BCUT2D eigenvalue weighted by molar-refractivity contribution is 0.624. The van der Waals surface area contributed by atoms with Crippen LogP contribution in [-0.4, -0.2) is 15.0 Å². The molecular formula is C13H10FN3. The van der Waals surface area contributed by atoms with E-state index in [0.717, 1.165) is 22.2 Å². The second-order valence-corrected chi connectivity index (χ2v) is 3.97. The zero-order valence-electron chi connectivity index (χ0n) is 9.24. The molecule has 0 radical (unpaired) electrons. The van der Waals surface area contributed by atoms with Gasteiger partial charge in [0.2, 0.25) is 0 Å². The van der Waals surface area contributed by atoms with Crippen molar-refractivity contribution in [1.29, 1.82) is 0 Å². The summed E-state index contributed by atoms with van der Waals surface area (Å²) >= 11 is 0. The van der Waals surface area contributed by atoms with Crippen molar-refractivity contribution < 1.29 is 4.39 Å². The predicted molar refractivity (Wildman–Crippen MR) is 64.0 cm³/mol. The Labute approximate surface area is 97.3 Å².